The standard InChI is InChI=1S/C21H24F3N5O4S/c1-27(2)34(32,33)17-5-3-4-15(12-17)20(31)26-14-19(30)29-10-8-28(9-11-29)18-7-6-16(13-25-18)21(22,23)24/h3-7,12-13H,8-11,14H2,1-2H3,(H,26,31). The molecule has 1 N–H and O–H groups in total. The molecule has 3 rings (SSSR count). The molecule has 13 heteroatoms. The number of carbonyl (C=O) groups excluding carboxylic acids is 2. The predicted molar refractivity (Wildman–Crippen MR) is 118 cm³/mol. The van der Waals surface area contributed by atoms with Crippen molar-refractivity contribution in [2.75, 3.05) is 51.7 Å². The van der Waals surface area contributed by atoms with E-state index in [-0.39, 0.29) is 22.9 Å². The van der Waals surface area contributed by atoms with E-state index < -0.39 is 27.7 Å². The zero-order chi connectivity index (χ0) is 25.1. The summed E-state index contributed by atoms with van der Waals surface area (Å²) in [4.78, 5) is 32.1. The third-order valence-corrected chi connectivity index (χ3v) is 7.12. The molecule has 0 aliphatic carbocycles. The van der Waals surface area contributed by atoms with Gasteiger partial charge in [-0.15, -0.1) is 0 Å². The van der Waals surface area contributed by atoms with Crippen molar-refractivity contribution in [3.05, 3.63) is 53.7 Å². The topological polar surface area (TPSA) is 103 Å². The summed E-state index contributed by atoms with van der Waals surface area (Å²) < 4.78 is 63.6. The second kappa shape index (κ2) is 9.97. The molecule has 0 spiro atoms. The molecule has 0 radical (unpaired) electrons. The van der Waals surface area contributed by atoms with Crippen LogP contribution in [0.3, 0.4) is 0 Å². The molecule has 184 valence electrons. The lowest BCUT2D eigenvalue weighted by atomic mass is 10.2. The van der Waals surface area contributed by atoms with Crippen molar-refractivity contribution in [2.45, 2.75) is 11.1 Å². The summed E-state index contributed by atoms with van der Waals surface area (Å²) in [6.07, 6.45) is -3.68. The van der Waals surface area contributed by atoms with E-state index in [1.807, 2.05) is 0 Å². The second-order valence-electron chi connectivity index (χ2n) is 7.77. The van der Waals surface area contributed by atoms with Gasteiger partial charge in [0.05, 0.1) is 17.0 Å². The molecule has 1 saturated heterocycles. The summed E-state index contributed by atoms with van der Waals surface area (Å²) in [5.41, 5.74) is -0.723. The normalized spacial score (nSPS) is 14.9. The van der Waals surface area contributed by atoms with Gasteiger partial charge >= 0.3 is 6.18 Å². The summed E-state index contributed by atoms with van der Waals surface area (Å²) >= 11 is 0. The van der Waals surface area contributed by atoms with E-state index in [9.17, 15) is 31.2 Å². The number of halogens is 3. The van der Waals surface area contributed by atoms with E-state index in [0.29, 0.717) is 32.0 Å². The number of aromatic nitrogens is 1. The van der Waals surface area contributed by atoms with Gasteiger partial charge in [0, 0.05) is 52.0 Å². The average Bonchev–Trinajstić information content (AvgIpc) is 2.82. The van der Waals surface area contributed by atoms with Gasteiger partial charge in [0.25, 0.3) is 5.91 Å². The molecular weight excluding hydrogens is 475 g/mol. The highest BCUT2D eigenvalue weighted by atomic mass is 32.2. The number of alkyl halides is 3. The highest BCUT2D eigenvalue weighted by Crippen LogP contribution is 2.29. The summed E-state index contributed by atoms with van der Waals surface area (Å²) in [6.45, 7) is 1.11. The summed E-state index contributed by atoms with van der Waals surface area (Å²) in [6, 6.07) is 7.78. The first kappa shape index (κ1) is 25.4. The molecule has 1 aromatic heterocycles. The van der Waals surface area contributed by atoms with Crippen molar-refractivity contribution in [3.63, 3.8) is 0 Å². The molecular formula is C21H24F3N5O4S. The number of pyridine rings is 1. The lowest BCUT2D eigenvalue weighted by molar-refractivity contribution is -0.137. The van der Waals surface area contributed by atoms with E-state index in [4.69, 9.17) is 0 Å². The number of amides is 2. The quantitative estimate of drug-likeness (QED) is 0.645. The Bertz CT molecular complexity index is 1150. The molecule has 1 aliphatic heterocycles. The number of benzene rings is 1. The van der Waals surface area contributed by atoms with Gasteiger partial charge in [0.15, 0.2) is 0 Å². The Morgan fingerprint density at radius 1 is 1.09 bits per heavy atom. The SMILES string of the molecule is CN(C)S(=O)(=O)c1cccc(C(=O)NCC(=O)N2CCN(c3ccc(C(F)(F)F)cn3)CC2)c1. The number of hydrogen-bond acceptors (Lipinski definition) is 6. The van der Waals surface area contributed by atoms with Crippen LogP contribution in [0.4, 0.5) is 19.0 Å². The van der Waals surface area contributed by atoms with Crippen molar-refractivity contribution in [1.82, 2.24) is 19.5 Å². The van der Waals surface area contributed by atoms with E-state index in [0.717, 1.165) is 16.6 Å². The zero-order valence-corrected chi connectivity index (χ0v) is 19.4. The van der Waals surface area contributed by atoms with Crippen LogP contribution >= 0.6 is 0 Å². The van der Waals surface area contributed by atoms with Crippen LogP contribution in [0.15, 0.2) is 47.5 Å². The van der Waals surface area contributed by atoms with Gasteiger partial charge in [-0.2, -0.15) is 13.2 Å². The van der Waals surface area contributed by atoms with Crippen LogP contribution in [0.5, 0.6) is 0 Å². The Hall–Kier alpha value is -3.19. The monoisotopic (exact) mass is 499 g/mol. The minimum atomic E-state index is -4.46. The highest BCUT2D eigenvalue weighted by Gasteiger charge is 2.31. The maximum atomic E-state index is 12.7. The largest absolute Gasteiger partial charge is 0.417 e. The van der Waals surface area contributed by atoms with Crippen LogP contribution in [0.2, 0.25) is 0 Å². The maximum absolute atomic E-state index is 12.7. The molecule has 2 amide bonds. The van der Waals surface area contributed by atoms with Gasteiger partial charge < -0.3 is 15.1 Å². The summed E-state index contributed by atoms with van der Waals surface area (Å²) in [7, 11) is -0.940. The van der Waals surface area contributed by atoms with Gasteiger partial charge in [-0.1, -0.05) is 6.07 Å². The van der Waals surface area contributed by atoms with Crippen molar-refractivity contribution in [2.24, 2.45) is 0 Å². The number of piperazine rings is 1. The molecule has 0 saturated carbocycles. The lowest BCUT2D eigenvalue weighted by Gasteiger charge is -2.35. The fraction of sp³-hybridized carbons (Fsp3) is 0.381. The van der Waals surface area contributed by atoms with Crippen molar-refractivity contribution >= 4 is 27.7 Å². The zero-order valence-electron chi connectivity index (χ0n) is 18.5. The fourth-order valence-corrected chi connectivity index (χ4v) is 4.25. The number of nitrogens with one attached hydrogen (secondary N) is 1. The van der Waals surface area contributed by atoms with Crippen LogP contribution in [0, 0.1) is 0 Å². The Kier molecular flexibility index (Phi) is 7.46. The average molecular weight is 500 g/mol. The van der Waals surface area contributed by atoms with E-state index in [2.05, 4.69) is 10.3 Å². The van der Waals surface area contributed by atoms with Crippen LogP contribution in [0.25, 0.3) is 0 Å². The molecule has 0 bridgehead atoms. The summed E-state index contributed by atoms with van der Waals surface area (Å²) in [5, 5.41) is 2.50. The second-order valence-corrected chi connectivity index (χ2v) is 9.92. The number of nitrogens with zero attached hydrogens (tertiary/aromatic N) is 4. The van der Waals surface area contributed by atoms with Crippen LogP contribution in [-0.2, 0) is 21.0 Å². The van der Waals surface area contributed by atoms with Gasteiger partial charge in [0.1, 0.15) is 5.82 Å². The molecule has 2 aromatic rings. The third-order valence-electron chi connectivity index (χ3n) is 5.31. The first-order chi connectivity index (χ1) is 15.9. The number of rotatable bonds is 6. The van der Waals surface area contributed by atoms with Gasteiger partial charge in [-0.25, -0.2) is 17.7 Å². The molecule has 9 nitrogen and oxygen atoms in total. The summed E-state index contributed by atoms with van der Waals surface area (Å²) in [5.74, 6) is -0.525. The maximum Gasteiger partial charge on any atom is 0.417 e. The van der Waals surface area contributed by atoms with Crippen molar-refractivity contribution in [1.29, 1.82) is 0 Å². The van der Waals surface area contributed by atoms with Gasteiger partial charge in [0.2, 0.25) is 15.9 Å². The minimum Gasteiger partial charge on any atom is -0.353 e. The Balaban J connectivity index is 1.52. The fourth-order valence-electron chi connectivity index (χ4n) is 3.30. The Morgan fingerprint density at radius 3 is 2.32 bits per heavy atom. The van der Waals surface area contributed by atoms with Gasteiger partial charge in [-0.05, 0) is 30.3 Å². The van der Waals surface area contributed by atoms with Crippen molar-refractivity contribution < 1.29 is 31.2 Å². The Morgan fingerprint density at radius 2 is 1.76 bits per heavy atom. The minimum absolute atomic E-state index is 0.0375. The Labute approximate surface area is 195 Å². The third kappa shape index (κ3) is 5.83. The number of sulfonamides is 1. The number of hydrogen-bond donors (Lipinski definition) is 1. The molecule has 1 aliphatic rings. The van der Waals surface area contributed by atoms with Gasteiger partial charge in [-0.3, -0.25) is 9.59 Å². The number of carbonyl (C=O) groups is 2. The molecule has 1 fully saturated rings. The van der Waals surface area contributed by atoms with E-state index in [1.165, 1.54) is 49.3 Å². The van der Waals surface area contributed by atoms with Crippen LogP contribution < -0.4 is 10.2 Å². The van der Waals surface area contributed by atoms with E-state index in [1.54, 1.807) is 4.90 Å². The molecule has 1 aromatic carbocycles. The predicted octanol–water partition coefficient (Wildman–Crippen LogP) is 1.43. The highest BCUT2D eigenvalue weighted by molar-refractivity contribution is 7.89. The van der Waals surface area contributed by atoms with Crippen molar-refractivity contribution in [3.8, 4) is 0 Å². The first-order valence-electron chi connectivity index (χ1n) is 10.3. The molecule has 34 heavy (non-hydrogen) atoms. The lowest BCUT2D eigenvalue weighted by Crippen LogP contribution is -2.51. The molecule has 0 unspecified atom stereocenters. The molecule has 2 heterocycles. The van der Waals surface area contributed by atoms with Crippen LogP contribution in [-0.4, -0.2) is 81.2 Å². The smallest absolute Gasteiger partial charge is 0.353 e. The molecule has 0 atom stereocenters. The van der Waals surface area contributed by atoms with Crippen LogP contribution in [0.1, 0.15) is 15.9 Å². The number of anilines is 1. The van der Waals surface area contributed by atoms with E-state index >= 15 is 0 Å². The first-order valence-corrected chi connectivity index (χ1v) is 11.7.